The van der Waals surface area contributed by atoms with Crippen LogP contribution in [0.2, 0.25) is 5.02 Å². The average molecular weight is 369 g/mol. The van der Waals surface area contributed by atoms with Crippen molar-refractivity contribution in [3.8, 4) is 0 Å². The van der Waals surface area contributed by atoms with Crippen LogP contribution in [0, 0.1) is 0 Å². The highest BCUT2D eigenvalue weighted by Gasteiger charge is 2.18. The van der Waals surface area contributed by atoms with Crippen LogP contribution in [-0.4, -0.2) is 9.78 Å². The number of hydrogen-bond acceptors (Lipinski definition) is 2. The van der Waals surface area contributed by atoms with Gasteiger partial charge < -0.3 is 5.73 Å². The van der Waals surface area contributed by atoms with Crippen molar-refractivity contribution in [2.45, 2.75) is 44.2 Å². The number of nitrogens with two attached hydrogens (primary N) is 1. The zero-order valence-electron chi connectivity index (χ0n) is 11.8. The van der Waals surface area contributed by atoms with Crippen molar-refractivity contribution in [1.29, 1.82) is 0 Å². The Morgan fingerprint density at radius 3 is 2.81 bits per heavy atom. The number of halogens is 2. The average Bonchev–Trinajstić information content (AvgIpc) is 3.07. The van der Waals surface area contributed by atoms with Gasteiger partial charge in [0, 0.05) is 28.2 Å². The maximum Gasteiger partial charge on any atom is 0.0643 e. The van der Waals surface area contributed by atoms with Crippen LogP contribution in [0.5, 0.6) is 0 Å². The van der Waals surface area contributed by atoms with E-state index in [9.17, 15) is 0 Å². The van der Waals surface area contributed by atoms with E-state index >= 15 is 0 Å². The first-order chi connectivity index (χ1) is 10.1. The van der Waals surface area contributed by atoms with Gasteiger partial charge in [-0.15, -0.1) is 0 Å². The lowest BCUT2D eigenvalue weighted by atomic mass is 10.0. The SMILES string of the molecule is NC(Cc1ccn(C2CCCC2)n1)c1cc(Cl)cc(Br)c1. The third kappa shape index (κ3) is 3.68. The summed E-state index contributed by atoms with van der Waals surface area (Å²) in [6, 6.07) is 8.38. The summed E-state index contributed by atoms with van der Waals surface area (Å²) in [5.74, 6) is 0. The molecule has 1 aliphatic rings. The summed E-state index contributed by atoms with van der Waals surface area (Å²) in [5.41, 5.74) is 8.38. The molecule has 1 saturated carbocycles. The minimum atomic E-state index is -0.0908. The Morgan fingerprint density at radius 2 is 2.10 bits per heavy atom. The molecule has 0 radical (unpaired) electrons. The van der Waals surface area contributed by atoms with E-state index in [2.05, 4.69) is 32.9 Å². The van der Waals surface area contributed by atoms with E-state index in [1.54, 1.807) is 0 Å². The summed E-state index contributed by atoms with van der Waals surface area (Å²) in [7, 11) is 0. The van der Waals surface area contributed by atoms with Gasteiger partial charge in [-0.2, -0.15) is 5.10 Å². The molecule has 1 aliphatic carbocycles. The molecule has 1 fully saturated rings. The van der Waals surface area contributed by atoms with Crippen molar-refractivity contribution >= 4 is 27.5 Å². The van der Waals surface area contributed by atoms with E-state index in [1.165, 1.54) is 25.7 Å². The Kier molecular flexibility index (Phi) is 4.67. The molecule has 1 heterocycles. The second-order valence-corrected chi connectivity index (χ2v) is 7.09. The van der Waals surface area contributed by atoms with E-state index in [1.807, 2.05) is 18.2 Å². The fourth-order valence-corrected chi connectivity index (χ4v) is 3.88. The molecular weight excluding hydrogens is 350 g/mol. The summed E-state index contributed by atoms with van der Waals surface area (Å²) >= 11 is 9.54. The lowest BCUT2D eigenvalue weighted by molar-refractivity contribution is 0.461. The number of rotatable bonds is 4. The van der Waals surface area contributed by atoms with E-state index in [-0.39, 0.29) is 6.04 Å². The Balaban J connectivity index is 1.70. The molecule has 1 unspecified atom stereocenters. The fourth-order valence-electron chi connectivity index (χ4n) is 2.99. The molecule has 0 spiro atoms. The molecule has 112 valence electrons. The minimum Gasteiger partial charge on any atom is -0.324 e. The fraction of sp³-hybridized carbons (Fsp3) is 0.438. The van der Waals surface area contributed by atoms with E-state index < -0.39 is 0 Å². The van der Waals surface area contributed by atoms with Gasteiger partial charge in [-0.25, -0.2) is 0 Å². The van der Waals surface area contributed by atoms with Crippen LogP contribution in [0.3, 0.4) is 0 Å². The molecule has 1 aromatic heterocycles. The van der Waals surface area contributed by atoms with Crippen LogP contribution in [0.1, 0.15) is 49.0 Å². The predicted octanol–water partition coefficient (Wildman–Crippen LogP) is 4.66. The van der Waals surface area contributed by atoms with Crippen molar-refractivity contribution in [1.82, 2.24) is 9.78 Å². The number of hydrogen-bond donors (Lipinski definition) is 1. The van der Waals surface area contributed by atoms with Crippen LogP contribution in [0.4, 0.5) is 0 Å². The second kappa shape index (κ2) is 6.51. The van der Waals surface area contributed by atoms with Crippen molar-refractivity contribution in [3.05, 3.63) is 51.2 Å². The summed E-state index contributed by atoms with van der Waals surface area (Å²) in [6.07, 6.45) is 7.94. The third-order valence-corrected chi connectivity index (χ3v) is 4.78. The Morgan fingerprint density at radius 1 is 1.33 bits per heavy atom. The number of aromatic nitrogens is 2. The van der Waals surface area contributed by atoms with Crippen LogP contribution in [0.25, 0.3) is 0 Å². The van der Waals surface area contributed by atoms with Crippen molar-refractivity contribution in [2.24, 2.45) is 5.73 Å². The van der Waals surface area contributed by atoms with Crippen LogP contribution >= 0.6 is 27.5 Å². The van der Waals surface area contributed by atoms with E-state index in [0.717, 1.165) is 22.2 Å². The quantitative estimate of drug-likeness (QED) is 0.853. The Hall–Kier alpha value is -0.840. The molecule has 3 nitrogen and oxygen atoms in total. The van der Waals surface area contributed by atoms with Crippen molar-refractivity contribution in [2.75, 3.05) is 0 Å². The summed E-state index contributed by atoms with van der Waals surface area (Å²) in [6.45, 7) is 0. The highest BCUT2D eigenvalue weighted by Crippen LogP contribution is 2.29. The van der Waals surface area contributed by atoms with E-state index in [0.29, 0.717) is 11.1 Å². The molecule has 0 aliphatic heterocycles. The highest BCUT2D eigenvalue weighted by molar-refractivity contribution is 9.10. The van der Waals surface area contributed by atoms with Gasteiger partial charge in [0.15, 0.2) is 0 Å². The maximum atomic E-state index is 6.30. The topological polar surface area (TPSA) is 43.8 Å². The third-order valence-electron chi connectivity index (χ3n) is 4.10. The van der Waals surface area contributed by atoms with Gasteiger partial charge in [0.05, 0.1) is 11.7 Å². The minimum absolute atomic E-state index is 0.0908. The van der Waals surface area contributed by atoms with Gasteiger partial charge in [-0.3, -0.25) is 4.68 Å². The summed E-state index contributed by atoms with van der Waals surface area (Å²) < 4.78 is 3.07. The standard InChI is InChI=1S/C16H19BrClN3/c17-12-7-11(8-13(18)9-12)16(19)10-14-5-6-21(20-14)15-3-1-2-4-15/h5-9,15-16H,1-4,10,19H2. The monoisotopic (exact) mass is 367 g/mol. The molecule has 2 aromatic rings. The number of benzene rings is 1. The Labute approximate surface area is 138 Å². The van der Waals surface area contributed by atoms with E-state index in [4.69, 9.17) is 22.4 Å². The first kappa shape index (κ1) is 15.1. The lowest BCUT2D eigenvalue weighted by Crippen LogP contribution is -2.14. The summed E-state index contributed by atoms with van der Waals surface area (Å²) in [5, 5.41) is 5.39. The van der Waals surface area contributed by atoms with Gasteiger partial charge in [0.1, 0.15) is 0 Å². The zero-order chi connectivity index (χ0) is 14.8. The Bertz CT molecular complexity index is 599. The number of nitrogens with zero attached hydrogens (tertiary/aromatic N) is 2. The first-order valence-electron chi connectivity index (χ1n) is 7.37. The molecule has 1 atom stereocenters. The molecule has 21 heavy (non-hydrogen) atoms. The predicted molar refractivity (Wildman–Crippen MR) is 89.5 cm³/mol. The molecule has 1 aromatic carbocycles. The molecule has 5 heteroatoms. The molecule has 3 rings (SSSR count). The smallest absolute Gasteiger partial charge is 0.0643 e. The zero-order valence-corrected chi connectivity index (χ0v) is 14.1. The largest absolute Gasteiger partial charge is 0.324 e. The molecule has 0 bridgehead atoms. The van der Waals surface area contributed by atoms with Gasteiger partial charge in [-0.05, 0) is 42.7 Å². The van der Waals surface area contributed by atoms with Crippen LogP contribution in [0.15, 0.2) is 34.9 Å². The van der Waals surface area contributed by atoms with Crippen LogP contribution in [-0.2, 0) is 6.42 Å². The van der Waals surface area contributed by atoms with Gasteiger partial charge in [0.2, 0.25) is 0 Å². The normalized spacial score (nSPS) is 17.3. The van der Waals surface area contributed by atoms with Gasteiger partial charge >= 0.3 is 0 Å². The van der Waals surface area contributed by atoms with Gasteiger partial charge in [0.25, 0.3) is 0 Å². The first-order valence-corrected chi connectivity index (χ1v) is 8.54. The molecular formula is C16H19BrClN3. The van der Waals surface area contributed by atoms with Crippen molar-refractivity contribution in [3.63, 3.8) is 0 Å². The molecule has 0 amide bonds. The van der Waals surface area contributed by atoms with Crippen molar-refractivity contribution < 1.29 is 0 Å². The maximum absolute atomic E-state index is 6.30. The molecule has 2 N–H and O–H groups in total. The second-order valence-electron chi connectivity index (χ2n) is 5.74. The highest BCUT2D eigenvalue weighted by atomic mass is 79.9. The van der Waals surface area contributed by atoms with Gasteiger partial charge in [-0.1, -0.05) is 40.4 Å². The lowest BCUT2D eigenvalue weighted by Gasteiger charge is -2.12. The molecule has 0 saturated heterocycles. The van der Waals surface area contributed by atoms with Crippen LogP contribution < -0.4 is 5.73 Å². The summed E-state index contributed by atoms with van der Waals surface area (Å²) in [4.78, 5) is 0.